The Labute approximate surface area is 181 Å². The van der Waals surface area contributed by atoms with Crippen molar-refractivity contribution >= 4 is 27.5 Å². The van der Waals surface area contributed by atoms with Crippen molar-refractivity contribution in [3.05, 3.63) is 99.0 Å². The van der Waals surface area contributed by atoms with Crippen LogP contribution in [0.5, 0.6) is 5.75 Å². The van der Waals surface area contributed by atoms with E-state index >= 15 is 0 Å². The lowest BCUT2D eigenvalue weighted by Gasteiger charge is -2.17. The average Bonchev–Trinajstić information content (AvgIpc) is 2.72. The third-order valence-electron chi connectivity index (χ3n) is 4.68. The Bertz CT molecular complexity index is 868. The summed E-state index contributed by atoms with van der Waals surface area (Å²) in [5.41, 5.74) is 3.63. The van der Waals surface area contributed by atoms with E-state index in [4.69, 9.17) is 16.3 Å². The van der Waals surface area contributed by atoms with Crippen molar-refractivity contribution in [1.82, 2.24) is 5.32 Å². The first-order valence-electron chi connectivity index (χ1n) is 9.53. The van der Waals surface area contributed by atoms with Crippen LogP contribution in [0.2, 0.25) is 5.02 Å². The normalized spacial score (nSPS) is 12.0. The molecule has 0 aliphatic carbocycles. The summed E-state index contributed by atoms with van der Waals surface area (Å²) >= 11 is 9.52. The van der Waals surface area contributed by atoms with Gasteiger partial charge in [-0.15, -0.1) is 0 Å². The molecule has 1 unspecified atom stereocenters. The second-order valence-corrected chi connectivity index (χ2v) is 8.33. The van der Waals surface area contributed by atoms with Gasteiger partial charge in [-0.05, 0) is 61.2 Å². The number of rotatable bonds is 9. The molecule has 4 heteroatoms. The van der Waals surface area contributed by atoms with Gasteiger partial charge in [-0.25, -0.2) is 0 Å². The summed E-state index contributed by atoms with van der Waals surface area (Å²) in [5, 5.41) is 4.36. The van der Waals surface area contributed by atoms with E-state index in [-0.39, 0.29) is 0 Å². The maximum atomic E-state index is 6.08. The first-order chi connectivity index (χ1) is 13.6. The smallest absolute Gasteiger partial charge is 0.124 e. The maximum absolute atomic E-state index is 6.08. The van der Waals surface area contributed by atoms with Crippen molar-refractivity contribution in [1.29, 1.82) is 0 Å². The van der Waals surface area contributed by atoms with Gasteiger partial charge in [0.25, 0.3) is 0 Å². The van der Waals surface area contributed by atoms with Gasteiger partial charge in [0.15, 0.2) is 0 Å². The molecule has 0 aliphatic heterocycles. The van der Waals surface area contributed by atoms with Crippen LogP contribution in [0.1, 0.15) is 30.0 Å². The molecular formula is C24H25BrClNO. The van der Waals surface area contributed by atoms with Gasteiger partial charge >= 0.3 is 0 Å². The minimum atomic E-state index is 0.420. The van der Waals surface area contributed by atoms with E-state index < -0.39 is 0 Å². The summed E-state index contributed by atoms with van der Waals surface area (Å²) in [5.74, 6) is 0.904. The molecular weight excluding hydrogens is 434 g/mol. The molecule has 3 aromatic rings. The molecule has 0 bridgehead atoms. The van der Waals surface area contributed by atoms with Gasteiger partial charge in [-0.2, -0.15) is 0 Å². The zero-order chi connectivity index (χ0) is 19.8. The van der Waals surface area contributed by atoms with Gasteiger partial charge in [0.1, 0.15) is 12.4 Å². The Morgan fingerprint density at radius 2 is 1.71 bits per heavy atom. The first-order valence-corrected chi connectivity index (χ1v) is 10.7. The van der Waals surface area contributed by atoms with Crippen LogP contribution in [0.3, 0.4) is 0 Å². The molecule has 1 atom stereocenters. The second-order valence-electron chi connectivity index (χ2n) is 6.97. The third-order valence-corrected chi connectivity index (χ3v) is 5.43. The number of hydrogen-bond donors (Lipinski definition) is 1. The van der Waals surface area contributed by atoms with Crippen LogP contribution in [-0.2, 0) is 19.6 Å². The third kappa shape index (κ3) is 6.66. The van der Waals surface area contributed by atoms with Crippen LogP contribution in [-0.4, -0.2) is 6.04 Å². The molecule has 0 aliphatic rings. The van der Waals surface area contributed by atoms with Crippen molar-refractivity contribution in [3.63, 3.8) is 0 Å². The van der Waals surface area contributed by atoms with Crippen LogP contribution in [0.4, 0.5) is 0 Å². The van der Waals surface area contributed by atoms with Crippen molar-refractivity contribution in [3.8, 4) is 5.75 Å². The zero-order valence-corrected chi connectivity index (χ0v) is 18.3. The number of aryl methyl sites for hydroxylation is 1. The molecule has 2 nitrogen and oxygen atoms in total. The van der Waals surface area contributed by atoms with Crippen molar-refractivity contribution in [2.24, 2.45) is 0 Å². The lowest BCUT2D eigenvalue weighted by Crippen LogP contribution is -2.26. The van der Waals surface area contributed by atoms with E-state index in [0.29, 0.717) is 12.6 Å². The maximum Gasteiger partial charge on any atom is 0.124 e. The molecule has 0 amide bonds. The highest BCUT2D eigenvalue weighted by atomic mass is 79.9. The highest BCUT2D eigenvalue weighted by molar-refractivity contribution is 9.10. The second kappa shape index (κ2) is 10.7. The molecule has 146 valence electrons. The summed E-state index contributed by atoms with van der Waals surface area (Å²) in [6.07, 6.45) is 2.17. The van der Waals surface area contributed by atoms with Gasteiger partial charge in [0.05, 0.1) is 0 Å². The number of ether oxygens (including phenoxy) is 1. The SMILES string of the molecule is CC(CCc1ccccc1)NCc1cc(Br)ccc1OCc1ccc(Cl)cc1. The molecule has 0 aromatic heterocycles. The average molecular weight is 459 g/mol. The van der Waals surface area contributed by atoms with Crippen LogP contribution in [0.25, 0.3) is 0 Å². The van der Waals surface area contributed by atoms with Crippen molar-refractivity contribution < 1.29 is 4.74 Å². The molecule has 0 spiro atoms. The molecule has 0 saturated heterocycles. The van der Waals surface area contributed by atoms with Crippen LogP contribution in [0.15, 0.2) is 77.3 Å². The number of halogens is 2. The topological polar surface area (TPSA) is 21.3 Å². The van der Waals surface area contributed by atoms with Crippen LogP contribution < -0.4 is 10.1 Å². The Kier molecular flexibility index (Phi) is 7.96. The molecule has 0 radical (unpaired) electrons. The Hall–Kier alpha value is -1.81. The van der Waals surface area contributed by atoms with Gasteiger partial charge in [0, 0.05) is 27.6 Å². The standard InChI is InChI=1S/C24H25BrClNO/c1-18(7-8-19-5-3-2-4-6-19)27-16-21-15-22(25)11-14-24(21)28-17-20-9-12-23(26)13-10-20/h2-6,9-15,18,27H,7-8,16-17H2,1H3. The highest BCUT2D eigenvalue weighted by Crippen LogP contribution is 2.24. The summed E-state index contributed by atoms with van der Waals surface area (Å²) in [6, 6.07) is 24.9. The van der Waals surface area contributed by atoms with Gasteiger partial charge < -0.3 is 10.1 Å². The van der Waals surface area contributed by atoms with Crippen molar-refractivity contribution in [2.45, 2.75) is 39.0 Å². The van der Waals surface area contributed by atoms with E-state index in [0.717, 1.165) is 45.8 Å². The molecule has 3 rings (SSSR count). The predicted octanol–water partition coefficient (Wildman–Crippen LogP) is 6.79. The quantitative estimate of drug-likeness (QED) is 0.381. The minimum absolute atomic E-state index is 0.420. The van der Waals surface area contributed by atoms with Gasteiger partial charge in [-0.3, -0.25) is 0 Å². The fourth-order valence-electron chi connectivity index (χ4n) is 2.98. The molecule has 0 heterocycles. The highest BCUT2D eigenvalue weighted by Gasteiger charge is 2.08. The Morgan fingerprint density at radius 3 is 2.46 bits per heavy atom. The summed E-state index contributed by atoms with van der Waals surface area (Å²) in [6.45, 7) is 3.52. The predicted molar refractivity (Wildman–Crippen MR) is 121 cm³/mol. The molecule has 1 N–H and O–H groups in total. The van der Waals surface area contributed by atoms with E-state index in [2.05, 4.69) is 64.6 Å². The number of nitrogens with one attached hydrogen (secondary N) is 1. The summed E-state index contributed by atoms with van der Waals surface area (Å²) in [4.78, 5) is 0. The number of hydrogen-bond acceptors (Lipinski definition) is 2. The summed E-state index contributed by atoms with van der Waals surface area (Å²) < 4.78 is 7.13. The monoisotopic (exact) mass is 457 g/mol. The first kappa shape index (κ1) is 20.9. The van der Waals surface area contributed by atoms with Crippen molar-refractivity contribution in [2.75, 3.05) is 0 Å². The summed E-state index contributed by atoms with van der Waals surface area (Å²) in [7, 11) is 0. The Balaban J connectivity index is 1.55. The van der Waals surface area contributed by atoms with E-state index in [1.54, 1.807) is 0 Å². The molecule has 0 fully saturated rings. The lowest BCUT2D eigenvalue weighted by atomic mass is 10.1. The van der Waals surface area contributed by atoms with Crippen LogP contribution >= 0.6 is 27.5 Å². The van der Waals surface area contributed by atoms with Crippen LogP contribution in [0, 0.1) is 0 Å². The molecule has 0 saturated carbocycles. The Morgan fingerprint density at radius 1 is 0.964 bits per heavy atom. The van der Waals surface area contributed by atoms with Gasteiger partial charge in [0.2, 0.25) is 0 Å². The van der Waals surface area contributed by atoms with E-state index in [1.807, 2.05) is 36.4 Å². The van der Waals surface area contributed by atoms with E-state index in [9.17, 15) is 0 Å². The fourth-order valence-corrected chi connectivity index (χ4v) is 3.52. The molecule has 28 heavy (non-hydrogen) atoms. The largest absolute Gasteiger partial charge is 0.489 e. The number of benzene rings is 3. The zero-order valence-electron chi connectivity index (χ0n) is 16.0. The van der Waals surface area contributed by atoms with Gasteiger partial charge in [-0.1, -0.05) is 70.0 Å². The minimum Gasteiger partial charge on any atom is -0.489 e. The lowest BCUT2D eigenvalue weighted by molar-refractivity contribution is 0.301. The molecule has 3 aromatic carbocycles. The fraction of sp³-hybridized carbons (Fsp3) is 0.250. The van der Waals surface area contributed by atoms with E-state index in [1.165, 1.54) is 5.56 Å².